The summed E-state index contributed by atoms with van der Waals surface area (Å²) in [7, 11) is 0. The second kappa shape index (κ2) is 8.46. The van der Waals surface area contributed by atoms with Crippen molar-refractivity contribution in [3.63, 3.8) is 0 Å². The predicted molar refractivity (Wildman–Crippen MR) is 101 cm³/mol. The minimum Gasteiger partial charge on any atom is -0.267 e. The second-order valence-corrected chi connectivity index (χ2v) is 6.53. The molecule has 3 aromatic rings. The molecule has 0 saturated heterocycles. The van der Waals surface area contributed by atoms with Crippen molar-refractivity contribution in [2.75, 3.05) is 0 Å². The molecule has 1 heterocycles. The number of hydrogen-bond donors (Lipinski definition) is 1. The van der Waals surface area contributed by atoms with Crippen molar-refractivity contribution in [1.29, 1.82) is 0 Å². The fraction of sp³-hybridized carbons (Fsp3) is 0. The largest absolute Gasteiger partial charge is 0.274 e. The highest BCUT2D eigenvalue weighted by atomic mass is 35.5. The third-order valence-corrected chi connectivity index (χ3v) is 4.56. The number of halogens is 1. The van der Waals surface area contributed by atoms with Crippen molar-refractivity contribution < 1.29 is 4.79 Å². The van der Waals surface area contributed by atoms with E-state index >= 15 is 0 Å². The van der Waals surface area contributed by atoms with Crippen LogP contribution in [0.4, 0.5) is 0 Å². The molecule has 0 fully saturated rings. The van der Waals surface area contributed by atoms with E-state index in [1.54, 1.807) is 30.1 Å². The van der Waals surface area contributed by atoms with Crippen LogP contribution in [0.15, 0.2) is 87.8 Å². The first-order valence-corrected chi connectivity index (χ1v) is 8.69. The van der Waals surface area contributed by atoms with E-state index in [9.17, 15) is 4.79 Å². The number of aromatic nitrogens is 1. The Hall–Kier alpha value is -2.63. The standard InChI is InChI=1S/C19H14ClN3OS/c20-18-17(7-4-12-21-18)19(24)23-22-13-14-8-10-16(11-9-14)25-15-5-2-1-3-6-15/h1-13H,(H,23,24). The number of hydrazone groups is 1. The normalized spacial score (nSPS) is 10.8. The summed E-state index contributed by atoms with van der Waals surface area (Å²) in [6.45, 7) is 0. The van der Waals surface area contributed by atoms with Gasteiger partial charge in [-0.1, -0.05) is 53.7 Å². The molecular weight excluding hydrogens is 354 g/mol. The maximum Gasteiger partial charge on any atom is 0.274 e. The third kappa shape index (κ3) is 4.92. The van der Waals surface area contributed by atoms with Gasteiger partial charge in [0.2, 0.25) is 0 Å². The SMILES string of the molecule is O=C(NN=Cc1ccc(Sc2ccccc2)cc1)c1cccnc1Cl. The van der Waals surface area contributed by atoms with Crippen molar-refractivity contribution in [1.82, 2.24) is 10.4 Å². The highest BCUT2D eigenvalue weighted by Gasteiger charge is 2.08. The molecule has 4 nitrogen and oxygen atoms in total. The fourth-order valence-electron chi connectivity index (χ4n) is 2.03. The fourth-order valence-corrected chi connectivity index (χ4v) is 3.07. The summed E-state index contributed by atoms with van der Waals surface area (Å²) >= 11 is 7.56. The van der Waals surface area contributed by atoms with Gasteiger partial charge in [-0.15, -0.1) is 0 Å². The van der Waals surface area contributed by atoms with Gasteiger partial charge in [-0.25, -0.2) is 10.4 Å². The maximum absolute atomic E-state index is 12.0. The number of carbonyl (C=O) groups is 1. The average molecular weight is 368 g/mol. The van der Waals surface area contributed by atoms with E-state index in [0.29, 0.717) is 0 Å². The Kier molecular flexibility index (Phi) is 5.82. The molecule has 25 heavy (non-hydrogen) atoms. The number of amides is 1. The van der Waals surface area contributed by atoms with E-state index in [1.165, 1.54) is 11.1 Å². The smallest absolute Gasteiger partial charge is 0.267 e. The zero-order chi connectivity index (χ0) is 17.5. The highest BCUT2D eigenvalue weighted by Crippen LogP contribution is 2.27. The highest BCUT2D eigenvalue weighted by molar-refractivity contribution is 7.99. The van der Waals surface area contributed by atoms with Crippen LogP contribution in [0, 0.1) is 0 Å². The zero-order valence-electron chi connectivity index (χ0n) is 13.1. The summed E-state index contributed by atoms with van der Waals surface area (Å²) in [5.41, 5.74) is 3.62. The summed E-state index contributed by atoms with van der Waals surface area (Å²) < 4.78 is 0. The molecule has 124 valence electrons. The van der Waals surface area contributed by atoms with Crippen molar-refractivity contribution in [3.05, 3.63) is 89.2 Å². The van der Waals surface area contributed by atoms with Gasteiger partial charge in [0.15, 0.2) is 0 Å². The summed E-state index contributed by atoms with van der Waals surface area (Å²) in [6.07, 6.45) is 3.11. The third-order valence-electron chi connectivity index (χ3n) is 3.24. The lowest BCUT2D eigenvalue weighted by atomic mass is 10.2. The Balaban J connectivity index is 1.59. The number of benzene rings is 2. The topological polar surface area (TPSA) is 54.4 Å². The monoisotopic (exact) mass is 367 g/mol. The first-order valence-electron chi connectivity index (χ1n) is 7.49. The molecule has 0 radical (unpaired) electrons. The molecule has 0 spiro atoms. The molecule has 0 atom stereocenters. The van der Waals surface area contributed by atoms with Crippen molar-refractivity contribution in [2.45, 2.75) is 9.79 Å². The molecule has 0 unspecified atom stereocenters. The Morgan fingerprint density at radius 1 is 1.00 bits per heavy atom. The molecule has 1 aromatic heterocycles. The van der Waals surface area contributed by atoms with Crippen molar-refractivity contribution in [2.24, 2.45) is 5.10 Å². The van der Waals surface area contributed by atoms with Gasteiger partial charge in [0.25, 0.3) is 5.91 Å². The average Bonchev–Trinajstić information content (AvgIpc) is 2.64. The van der Waals surface area contributed by atoms with Gasteiger partial charge in [0.1, 0.15) is 5.15 Å². The Labute approximate surface area is 154 Å². The van der Waals surface area contributed by atoms with Crippen LogP contribution in [-0.2, 0) is 0 Å². The van der Waals surface area contributed by atoms with Gasteiger partial charge in [0.05, 0.1) is 11.8 Å². The number of rotatable bonds is 5. The quantitative estimate of drug-likeness (QED) is 0.405. The van der Waals surface area contributed by atoms with E-state index in [2.05, 4.69) is 27.6 Å². The molecule has 0 bridgehead atoms. The van der Waals surface area contributed by atoms with Gasteiger partial charge < -0.3 is 0 Å². The molecule has 6 heteroatoms. The second-order valence-electron chi connectivity index (χ2n) is 5.03. The van der Waals surface area contributed by atoms with E-state index in [4.69, 9.17) is 11.6 Å². The lowest BCUT2D eigenvalue weighted by molar-refractivity contribution is 0.0955. The van der Waals surface area contributed by atoms with Crippen LogP contribution in [0.1, 0.15) is 15.9 Å². The molecule has 0 aliphatic heterocycles. The number of nitrogens with zero attached hydrogens (tertiary/aromatic N) is 2. The summed E-state index contributed by atoms with van der Waals surface area (Å²) in [4.78, 5) is 18.1. The van der Waals surface area contributed by atoms with Crippen LogP contribution in [0.2, 0.25) is 5.15 Å². The van der Waals surface area contributed by atoms with Crippen LogP contribution in [0.5, 0.6) is 0 Å². The van der Waals surface area contributed by atoms with Crippen LogP contribution < -0.4 is 5.43 Å². The first-order chi connectivity index (χ1) is 12.2. The van der Waals surface area contributed by atoms with Gasteiger partial charge in [-0.05, 0) is 42.0 Å². The summed E-state index contributed by atoms with van der Waals surface area (Å²) in [5, 5.41) is 4.11. The van der Waals surface area contributed by atoms with Gasteiger partial charge in [-0.2, -0.15) is 5.10 Å². The van der Waals surface area contributed by atoms with Crippen molar-refractivity contribution >= 4 is 35.5 Å². The molecule has 1 N–H and O–H groups in total. The minimum atomic E-state index is -0.398. The molecule has 0 aliphatic carbocycles. The van der Waals surface area contributed by atoms with Crippen LogP contribution >= 0.6 is 23.4 Å². The lowest BCUT2D eigenvalue weighted by Gasteiger charge is -2.02. The molecular formula is C19H14ClN3OS. The number of pyridine rings is 1. The lowest BCUT2D eigenvalue weighted by Crippen LogP contribution is -2.18. The van der Waals surface area contributed by atoms with Crippen LogP contribution in [0.25, 0.3) is 0 Å². The van der Waals surface area contributed by atoms with Crippen LogP contribution in [-0.4, -0.2) is 17.1 Å². The Morgan fingerprint density at radius 2 is 1.72 bits per heavy atom. The summed E-state index contributed by atoms with van der Waals surface area (Å²) in [6, 6.07) is 21.3. The van der Waals surface area contributed by atoms with E-state index in [1.807, 2.05) is 42.5 Å². The first kappa shape index (κ1) is 17.2. The van der Waals surface area contributed by atoms with Crippen molar-refractivity contribution in [3.8, 4) is 0 Å². The van der Waals surface area contributed by atoms with Crippen LogP contribution in [0.3, 0.4) is 0 Å². The van der Waals surface area contributed by atoms with Gasteiger partial charge >= 0.3 is 0 Å². The van der Waals surface area contributed by atoms with E-state index < -0.39 is 5.91 Å². The summed E-state index contributed by atoms with van der Waals surface area (Å²) in [5.74, 6) is -0.398. The molecule has 3 rings (SSSR count). The van der Waals surface area contributed by atoms with Gasteiger partial charge in [-0.3, -0.25) is 4.79 Å². The van der Waals surface area contributed by atoms with Gasteiger partial charge in [0, 0.05) is 16.0 Å². The molecule has 1 amide bonds. The number of hydrogen-bond acceptors (Lipinski definition) is 4. The Bertz CT molecular complexity index is 883. The molecule has 2 aromatic carbocycles. The zero-order valence-corrected chi connectivity index (χ0v) is 14.7. The molecule has 0 aliphatic rings. The maximum atomic E-state index is 12.0. The molecule has 0 saturated carbocycles. The number of nitrogens with one attached hydrogen (secondary N) is 1. The van der Waals surface area contributed by atoms with E-state index in [0.717, 1.165) is 10.5 Å². The predicted octanol–water partition coefficient (Wildman–Crippen LogP) is 4.65. The minimum absolute atomic E-state index is 0.150. The van der Waals surface area contributed by atoms with E-state index in [-0.39, 0.29) is 10.7 Å². The Morgan fingerprint density at radius 3 is 2.44 bits per heavy atom. The number of carbonyl (C=O) groups excluding carboxylic acids is 1.